The molecule has 0 saturated carbocycles. The molecular weight excluding hydrogens is 396 g/mol. The number of piperidine rings is 1. The van der Waals surface area contributed by atoms with E-state index in [1.54, 1.807) is 23.1 Å². The molecule has 0 bridgehead atoms. The molecule has 2 N–H and O–H groups in total. The number of hydrogen-bond donors (Lipinski definition) is 2. The fourth-order valence-corrected chi connectivity index (χ4v) is 3.09. The molecule has 1 aromatic carbocycles. The van der Waals surface area contributed by atoms with Crippen molar-refractivity contribution >= 4 is 29.5 Å². The minimum atomic E-state index is -1.03. The monoisotopic (exact) mass is 417 g/mol. The number of nitrogens with one attached hydrogen (secondary N) is 2. The lowest BCUT2D eigenvalue weighted by atomic mass is 9.96. The summed E-state index contributed by atoms with van der Waals surface area (Å²) in [5.74, 6) is -3.09. The van der Waals surface area contributed by atoms with Crippen molar-refractivity contribution in [1.29, 1.82) is 0 Å². The van der Waals surface area contributed by atoms with Crippen molar-refractivity contribution in [2.24, 2.45) is 5.92 Å². The van der Waals surface area contributed by atoms with E-state index in [0.717, 1.165) is 12.1 Å². The number of halogens is 2. The molecule has 1 fully saturated rings. The topological polar surface area (TPSA) is 91.7 Å². The number of hydrogen-bond acceptors (Lipinski definition) is 4. The fourth-order valence-electron chi connectivity index (χ4n) is 3.09. The smallest absolute Gasteiger partial charge is 0.313 e. The predicted molar refractivity (Wildman–Crippen MR) is 105 cm³/mol. The minimum absolute atomic E-state index is 0.113. The maximum atomic E-state index is 13.6. The lowest BCUT2D eigenvalue weighted by molar-refractivity contribution is -0.136. The highest BCUT2D eigenvalue weighted by Crippen LogP contribution is 2.17. The van der Waals surface area contributed by atoms with Crippen molar-refractivity contribution in [2.45, 2.75) is 12.8 Å². The van der Waals surface area contributed by atoms with Gasteiger partial charge in [-0.05, 0) is 49.1 Å². The van der Waals surface area contributed by atoms with Crippen LogP contribution in [0.5, 0.6) is 0 Å². The van der Waals surface area contributed by atoms with Gasteiger partial charge < -0.3 is 20.0 Å². The van der Waals surface area contributed by atoms with Gasteiger partial charge in [0, 0.05) is 31.8 Å². The minimum Gasteiger partial charge on any atom is -0.465 e. The first-order chi connectivity index (χ1) is 14.4. The first-order valence-electron chi connectivity index (χ1n) is 9.47. The van der Waals surface area contributed by atoms with Crippen molar-refractivity contribution in [3.63, 3.8) is 0 Å². The highest BCUT2D eigenvalue weighted by atomic mass is 19.1. The maximum Gasteiger partial charge on any atom is 0.313 e. The van der Waals surface area contributed by atoms with Gasteiger partial charge in [0.25, 0.3) is 0 Å². The molecule has 0 atom stereocenters. The lowest BCUT2D eigenvalue weighted by Crippen LogP contribution is -2.43. The van der Waals surface area contributed by atoms with Crippen LogP contribution in [0.25, 0.3) is 6.08 Å². The average Bonchev–Trinajstić information content (AvgIpc) is 3.26. The van der Waals surface area contributed by atoms with Crippen LogP contribution in [-0.2, 0) is 14.4 Å². The number of carbonyl (C=O) groups is 3. The highest BCUT2D eigenvalue weighted by molar-refractivity contribution is 6.39. The van der Waals surface area contributed by atoms with Crippen molar-refractivity contribution < 1.29 is 27.6 Å². The molecule has 1 aliphatic heterocycles. The third-order valence-electron chi connectivity index (χ3n) is 4.80. The first-order valence-corrected chi connectivity index (χ1v) is 9.47. The Labute approximate surface area is 171 Å². The second kappa shape index (κ2) is 9.82. The Balaban J connectivity index is 1.40. The molecule has 2 aromatic rings. The molecular formula is C21H21F2N3O4. The van der Waals surface area contributed by atoms with Gasteiger partial charge in [0.05, 0.1) is 12.0 Å². The summed E-state index contributed by atoms with van der Waals surface area (Å²) in [7, 11) is 0. The van der Waals surface area contributed by atoms with Gasteiger partial charge in [-0.2, -0.15) is 0 Å². The van der Waals surface area contributed by atoms with E-state index >= 15 is 0 Å². The summed E-state index contributed by atoms with van der Waals surface area (Å²) in [5.41, 5.74) is -0.272. The molecule has 0 radical (unpaired) electrons. The van der Waals surface area contributed by atoms with Gasteiger partial charge in [-0.3, -0.25) is 14.4 Å². The van der Waals surface area contributed by atoms with Crippen LogP contribution in [0.15, 0.2) is 47.1 Å². The van der Waals surface area contributed by atoms with Crippen LogP contribution in [0.3, 0.4) is 0 Å². The van der Waals surface area contributed by atoms with Gasteiger partial charge in [0.1, 0.15) is 17.4 Å². The van der Waals surface area contributed by atoms with Crippen LogP contribution in [0, 0.1) is 17.6 Å². The highest BCUT2D eigenvalue weighted by Gasteiger charge is 2.23. The second-order valence-electron chi connectivity index (χ2n) is 6.91. The van der Waals surface area contributed by atoms with Gasteiger partial charge in [-0.25, -0.2) is 8.78 Å². The summed E-state index contributed by atoms with van der Waals surface area (Å²) in [6.07, 6.45) is 5.95. The van der Waals surface area contributed by atoms with E-state index in [1.165, 1.54) is 12.3 Å². The molecule has 30 heavy (non-hydrogen) atoms. The summed E-state index contributed by atoms with van der Waals surface area (Å²) in [6, 6.07) is 6.13. The van der Waals surface area contributed by atoms with E-state index in [2.05, 4.69) is 10.6 Å². The number of nitrogens with zero attached hydrogens (tertiary/aromatic N) is 1. The average molecular weight is 417 g/mol. The molecule has 7 nitrogen and oxygen atoms in total. The zero-order valence-electron chi connectivity index (χ0n) is 16.1. The zero-order valence-corrected chi connectivity index (χ0v) is 16.1. The van der Waals surface area contributed by atoms with Gasteiger partial charge in [-0.1, -0.05) is 0 Å². The van der Waals surface area contributed by atoms with Gasteiger partial charge in [0.15, 0.2) is 0 Å². The molecule has 158 valence electrons. The van der Waals surface area contributed by atoms with Crippen molar-refractivity contribution in [1.82, 2.24) is 10.2 Å². The summed E-state index contributed by atoms with van der Waals surface area (Å²) in [5, 5.41) is 4.63. The third kappa shape index (κ3) is 5.76. The van der Waals surface area contributed by atoms with E-state index < -0.39 is 23.4 Å². The molecule has 0 unspecified atom stereocenters. The number of anilines is 1. The van der Waals surface area contributed by atoms with Crippen LogP contribution in [0.2, 0.25) is 0 Å². The SMILES string of the molecule is O=C(NCC1CCN(C(=O)/C=C/c2ccco2)CC1)C(=O)Nc1ccc(F)cc1F. The maximum absolute atomic E-state index is 13.6. The van der Waals surface area contributed by atoms with E-state index in [-0.39, 0.29) is 24.1 Å². The quantitative estimate of drug-likeness (QED) is 0.578. The molecule has 3 amide bonds. The van der Waals surface area contributed by atoms with Gasteiger partial charge in [0.2, 0.25) is 5.91 Å². The largest absolute Gasteiger partial charge is 0.465 e. The molecule has 1 saturated heterocycles. The van der Waals surface area contributed by atoms with E-state index in [9.17, 15) is 23.2 Å². The summed E-state index contributed by atoms with van der Waals surface area (Å²) >= 11 is 0. The molecule has 0 spiro atoms. The van der Waals surface area contributed by atoms with Gasteiger partial charge in [-0.15, -0.1) is 0 Å². The zero-order chi connectivity index (χ0) is 21.5. The first kappa shape index (κ1) is 21.2. The molecule has 1 aromatic heterocycles. The van der Waals surface area contributed by atoms with Crippen LogP contribution in [-0.4, -0.2) is 42.3 Å². The molecule has 0 aliphatic carbocycles. The normalized spacial score (nSPS) is 14.7. The molecule has 1 aliphatic rings. The van der Waals surface area contributed by atoms with E-state index in [4.69, 9.17) is 4.42 Å². The lowest BCUT2D eigenvalue weighted by Gasteiger charge is -2.31. The van der Waals surface area contributed by atoms with Crippen LogP contribution in [0.1, 0.15) is 18.6 Å². The van der Waals surface area contributed by atoms with Crippen LogP contribution in [0.4, 0.5) is 14.5 Å². The number of amides is 3. The van der Waals surface area contributed by atoms with Crippen LogP contribution < -0.4 is 10.6 Å². The Kier molecular flexibility index (Phi) is 6.95. The van der Waals surface area contributed by atoms with Gasteiger partial charge >= 0.3 is 11.8 Å². The van der Waals surface area contributed by atoms with E-state index in [0.29, 0.717) is 37.8 Å². The number of carbonyl (C=O) groups excluding carboxylic acids is 3. The van der Waals surface area contributed by atoms with Crippen molar-refractivity contribution in [2.75, 3.05) is 25.0 Å². The Bertz CT molecular complexity index is 936. The fraction of sp³-hybridized carbons (Fsp3) is 0.286. The number of furan rings is 1. The summed E-state index contributed by atoms with van der Waals surface area (Å²) in [6.45, 7) is 1.34. The third-order valence-corrected chi connectivity index (χ3v) is 4.80. The van der Waals surface area contributed by atoms with Crippen molar-refractivity contribution in [3.8, 4) is 0 Å². The Morgan fingerprint density at radius 3 is 2.57 bits per heavy atom. The Hall–Kier alpha value is -3.49. The molecule has 2 heterocycles. The Morgan fingerprint density at radius 1 is 1.13 bits per heavy atom. The standard InChI is InChI=1S/C21H21F2N3O4/c22-15-3-5-18(17(23)12-15)25-21(29)20(28)24-13-14-7-9-26(10-8-14)19(27)6-4-16-2-1-11-30-16/h1-6,11-12,14H,7-10,13H2,(H,24,28)(H,25,29)/b6-4+. The predicted octanol–water partition coefficient (Wildman–Crippen LogP) is 2.56. The van der Waals surface area contributed by atoms with Crippen molar-refractivity contribution in [3.05, 3.63) is 60.1 Å². The Morgan fingerprint density at radius 2 is 1.90 bits per heavy atom. The second-order valence-corrected chi connectivity index (χ2v) is 6.91. The molecule has 3 rings (SSSR count). The molecule has 9 heteroatoms. The van der Waals surface area contributed by atoms with E-state index in [1.807, 2.05) is 0 Å². The number of benzene rings is 1. The number of likely N-dealkylation sites (tertiary alicyclic amines) is 1. The summed E-state index contributed by atoms with van der Waals surface area (Å²) in [4.78, 5) is 37.7. The van der Waals surface area contributed by atoms with Crippen LogP contribution >= 0.6 is 0 Å². The summed E-state index contributed by atoms with van der Waals surface area (Å²) < 4.78 is 31.6. The number of rotatable bonds is 5.